The molecule has 4 aromatic rings. The van der Waals surface area contributed by atoms with Crippen LogP contribution in [0.15, 0.2) is 53.3 Å². The number of nitrogens with zero attached hydrogens (tertiary/aromatic N) is 5. The van der Waals surface area contributed by atoms with Crippen molar-refractivity contribution in [2.45, 2.75) is 6.92 Å². The summed E-state index contributed by atoms with van der Waals surface area (Å²) >= 11 is 0. The number of amides is 1. The smallest absolute Gasteiger partial charge is 0.315 e. The molecule has 0 fully saturated rings. The molecule has 3 aromatic heterocycles. The second kappa shape index (κ2) is 5.58. The monoisotopic (exact) mass is 320 g/mol. The highest BCUT2D eigenvalue weighted by Gasteiger charge is 2.11. The fraction of sp³-hybridized carbons (Fsp3) is 0.0625. The summed E-state index contributed by atoms with van der Waals surface area (Å²) in [6.45, 7) is 1.38. The Labute approximate surface area is 136 Å². The van der Waals surface area contributed by atoms with Gasteiger partial charge in [0.25, 0.3) is 0 Å². The van der Waals surface area contributed by atoms with Gasteiger partial charge in [-0.1, -0.05) is 23.4 Å². The van der Waals surface area contributed by atoms with Crippen LogP contribution in [0.2, 0.25) is 0 Å². The number of anilines is 1. The van der Waals surface area contributed by atoms with E-state index in [1.807, 2.05) is 42.6 Å². The quantitative estimate of drug-likeness (QED) is 0.622. The van der Waals surface area contributed by atoms with E-state index in [1.54, 1.807) is 10.7 Å². The van der Waals surface area contributed by atoms with Crippen LogP contribution < -0.4 is 5.32 Å². The number of imidazole rings is 1. The van der Waals surface area contributed by atoms with Crippen molar-refractivity contribution in [1.82, 2.24) is 24.7 Å². The van der Waals surface area contributed by atoms with E-state index in [1.165, 1.54) is 6.92 Å². The van der Waals surface area contributed by atoms with Crippen molar-refractivity contribution in [2.24, 2.45) is 0 Å². The number of carbonyl (C=O) groups is 1. The first kappa shape index (κ1) is 14.1. The highest BCUT2D eigenvalue weighted by atomic mass is 16.5. The normalized spacial score (nSPS) is 10.9. The maximum atomic E-state index is 11.0. The Morgan fingerprint density at radius 1 is 1.17 bits per heavy atom. The van der Waals surface area contributed by atoms with E-state index in [0.717, 1.165) is 22.5 Å². The first-order chi connectivity index (χ1) is 11.7. The Hall–Kier alpha value is -3.55. The maximum Gasteiger partial charge on any atom is 0.328 e. The highest BCUT2D eigenvalue weighted by Crippen LogP contribution is 2.25. The average molecular weight is 320 g/mol. The van der Waals surface area contributed by atoms with Crippen LogP contribution in [0.25, 0.3) is 28.3 Å². The zero-order valence-electron chi connectivity index (χ0n) is 12.7. The van der Waals surface area contributed by atoms with Gasteiger partial charge in [-0.25, -0.2) is 9.50 Å². The highest BCUT2D eigenvalue weighted by molar-refractivity contribution is 5.86. The van der Waals surface area contributed by atoms with Crippen molar-refractivity contribution in [3.8, 4) is 22.6 Å². The lowest BCUT2D eigenvalue weighted by atomic mass is 10.1. The van der Waals surface area contributed by atoms with Crippen LogP contribution in [0.1, 0.15) is 6.92 Å². The fourth-order valence-corrected chi connectivity index (χ4v) is 2.33. The van der Waals surface area contributed by atoms with Crippen LogP contribution >= 0.6 is 0 Å². The number of fused-ring (bicyclic) bond motifs is 1. The summed E-state index contributed by atoms with van der Waals surface area (Å²) in [6, 6.07) is 11.4. The van der Waals surface area contributed by atoms with Gasteiger partial charge in [-0.05, 0) is 18.2 Å². The molecule has 0 atom stereocenters. The van der Waals surface area contributed by atoms with Crippen LogP contribution in [0.3, 0.4) is 0 Å². The number of hydrogen-bond acceptors (Lipinski definition) is 6. The van der Waals surface area contributed by atoms with Crippen molar-refractivity contribution in [1.29, 1.82) is 0 Å². The summed E-state index contributed by atoms with van der Waals surface area (Å²) in [6.07, 6.45) is 3.56. The number of rotatable bonds is 3. The molecule has 1 amide bonds. The van der Waals surface area contributed by atoms with E-state index in [9.17, 15) is 4.79 Å². The van der Waals surface area contributed by atoms with E-state index in [0.29, 0.717) is 5.82 Å². The molecule has 1 aromatic carbocycles. The number of carbonyl (C=O) groups excluding carboxylic acids is 1. The number of benzene rings is 1. The summed E-state index contributed by atoms with van der Waals surface area (Å²) < 4.78 is 6.71. The van der Waals surface area contributed by atoms with Crippen molar-refractivity contribution in [2.75, 3.05) is 5.32 Å². The lowest BCUT2D eigenvalue weighted by molar-refractivity contribution is -0.114. The van der Waals surface area contributed by atoms with Crippen molar-refractivity contribution in [3.63, 3.8) is 0 Å². The summed E-state index contributed by atoms with van der Waals surface area (Å²) in [5.74, 6) is 0.124. The van der Waals surface area contributed by atoms with E-state index < -0.39 is 0 Å². The standard InChI is InChI=1S/C16H12N6O2/c1-10(23)18-16-20-15(21-24-16)12-5-2-4-11(8-12)13-9-22-14(19-13)6-3-7-17-22/h2-9H,1H3,(H,18,20,21,23). The summed E-state index contributed by atoms with van der Waals surface area (Å²) in [4.78, 5) is 19.7. The minimum atomic E-state index is -0.267. The Morgan fingerprint density at radius 3 is 2.88 bits per heavy atom. The SMILES string of the molecule is CC(=O)Nc1nc(-c2cccc(-c3cn4ncccc4n3)c2)no1. The van der Waals surface area contributed by atoms with Gasteiger partial charge in [-0.2, -0.15) is 10.1 Å². The molecule has 8 nitrogen and oxygen atoms in total. The Bertz CT molecular complexity index is 1000. The minimum absolute atomic E-state index is 0.0693. The largest absolute Gasteiger partial charge is 0.328 e. The second-order valence-corrected chi connectivity index (χ2v) is 5.14. The molecule has 1 N–H and O–H groups in total. The van der Waals surface area contributed by atoms with Crippen LogP contribution in [0.5, 0.6) is 0 Å². The van der Waals surface area contributed by atoms with Crippen molar-refractivity contribution < 1.29 is 9.32 Å². The Morgan fingerprint density at radius 2 is 2.04 bits per heavy atom. The number of aromatic nitrogens is 5. The van der Waals surface area contributed by atoms with Gasteiger partial charge in [0.2, 0.25) is 11.7 Å². The Kier molecular flexibility index (Phi) is 3.27. The molecule has 0 unspecified atom stereocenters. The molecule has 0 bridgehead atoms. The summed E-state index contributed by atoms with van der Waals surface area (Å²) in [5, 5.41) is 10.5. The molecule has 24 heavy (non-hydrogen) atoms. The molecule has 0 saturated heterocycles. The molecule has 0 aliphatic rings. The molecule has 8 heteroatoms. The van der Waals surface area contributed by atoms with Gasteiger partial charge in [-0.15, -0.1) is 0 Å². The molecule has 0 spiro atoms. The first-order valence-electron chi connectivity index (χ1n) is 7.21. The molecule has 0 aliphatic carbocycles. The average Bonchev–Trinajstić information content (AvgIpc) is 3.21. The predicted octanol–water partition coefficient (Wildman–Crippen LogP) is 2.40. The van der Waals surface area contributed by atoms with E-state index >= 15 is 0 Å². The van der Waals surface area contributed by atoms with Crippen LogP contribution in [-0.4, -0.2) is 30.6 Å². The third-order valence-corrected chi connectivity index (χ3v) is 3.36. The van der Waals surface area contributed by atoms with Gasteiger partial charge in [0.05, 0.1) is 11.9 Å². The zero-order chi connectivity index (χ0) is 16.5. The lowest BCUT2D eigenvalue weighted by Crippen LogP contribution is -2.05. The molecule has 0 saturated carbocycles. The zero-order valence-corrected chi connectivity index (χ0v) is 12.7. The van der Waals surface area contributed by atoms with Crippen molar-refractivity contribution >= 4 is 17.6 Å². The van der Waals surface area contributed by atoms with Gasteiger partial charge < -0.3 is 4.52 Å². The minimum Gasteiger partial charge on any atom is -0.315 e. The first-order valence-corrected chi connectivity index (χ1v) is 7.21. The van der Waals surface area contributed by atoms with Gasteiger partial charge >= 0.3 is 6.01 Å². The number of nitrogens with one attached hydrogen (secondary N) is 1. The molecule has 0 aliphatic heterocycles. The van der Waals surface area contributed by atoms with E-state index in [-0.39, 0.29) is 11.9 Å². The molecular formula is C16H12N6O2. The third kappa shape index (κ3) is 2.60. The topological polar surface area (TPSA) is 98.2 Å². The molecule has 118 valence electrons. The fourth-order valence-electron chi connectivity index (χ4n) is 2.33. The molecule has 4 rings (SSSR count). The summed E-state index contributed by atoms with van der Waals surface area (Å²) in [7, 11) is 0. The number of hydrogen-bond donors (Lipinski definition) is 1. The van der Waals surface area contributed by atoms with E-state index in [2.05, 4.69) is 25.5 Å². The summed E-state index contributed by atoms with van der Waals surface area (Å²) in [5.41, 5.74) is 3.23. The second-order valence-electron chi connectivity index (χ2n) is 5.14. The molecule has 0 radical (unpaired) electrons. The van der Waals surface area contributed by atoms with E-state index in [4.69, 9.17) is 4.52 Å². The predicted molar refractivity (Wildman–Crippen MR) is 86.0 cm³/mol. The van der Waals surface area contributed by atoms with Crippen LogP contribution in [-0.2, 0) is 4.79 Å². The molecule has 3 heterocycles. The van der Waals surface area contributed by atoms with Crippen LogP contribution in [0.4, 0.5) is 6.01 Å². The maximum absolute atomic E-state index is 11.0. The van der Waals surface area contributed by atoms with Gasteiger partial charge in [0.1, 0.15) is 0 Å². The van der Waals surface area contributed by atoms with Crippen LogP contribution in [0, 0.1) is 0 Å². The Balaban J connectivity index is 1.70. The van der Waals surface area contributed by atoms with Gasteiger partial charge in [0, 0.05) is 24.2 Å². The van der Waals surface area contributed by atoms with Gasteiger partial charge in [-0.3, -0.25) is 10.1 Å². The van der Waals surface area contributed by atoms with Crippen molar-refractivity contribution in [3.05, 3.63) is 48.8 Å². The third-order valence-electron chi connectivity index (χ3n) is 3.36. The van der Waals surface area contributed by atoms with Gasteiger partial charge in [0.15, 0.2) is 5.65 Å². The molecular weight excluding hydrogens is 308 g/mol. The lowest BCUT2D eigenvalue weighted by Gasteiger charge is -1.98.